The number of nitrogens with one attached hydrogen (secondary N) is 1. The van der Waals surface area contributed by atoms with E-state index in [2.05, 4.69) is 43.1 Å². The van der Waals surface area contributed by atoms with Crippen LogP contribution in [-0.4, -0.2) is 24.1 Å². The minimum Gasteiger partial charge on any atom is -0.312 e. The highest BCUT2D eigenvalue weighted by Gasteiger charge is 2.32. The zero-order valence-corrected chi connectivity index (χ0v) is 11.5. The standard InChI is InChI=1S/C14H25NS/c1-14(2)8-9-16-11-13(14)15-10-12-6-4-3-5-7-12/h3-4,12-13,15H,5-11H2,1-2H3. The van der Waals surface area contributed by atoms with E-state index in [9.17, 15) is 0 Å². The lowest BCUT2D eigenvalue weighted by Crippen LogP contribution is -2.48. The van der Waals surface area contributed by atoms with Crippen molar-refractivity contribution in [1.29, 1.82) is 0 Å². The Kier molecular flexibility index (Phi) is 4.37. The van der Waals surface area contributed by atoms with Gasteiger partial charge in [0.25, 0.3) is 0 Å². The predicted octanol–water partition coefficient (Wildman–Crippen LogP) is 3.46. The minimum atomic E-state index is 0.496. The number of hydrogen-bond donors (Lipinski definition) is 1. The third-order valence-electron chi connectivity index (χ3n) is 4.15. The molecule has 0 saturated carbocycles. The summed E-state index contributed by atoms with van der Waals surface area (Å²) in [5.41, 5.74) is 0.496. The van der Waals surface area contributed by atoms with Gasteiger partial charge in [-0.3, -0.25) is 0 Å². The molecule has 2 aliphatic rings. The van der Waals surface area contributed by atoms with Crippen molar-refractivity contribution in [3.63, 3.8) is 0 Å². The van der Waals surface area contributed by atoms with Gasteiger partial charge in [-0.1, -0.05) is 26.0 Å². The van der Waals surface area contributed by atoms with Crippen molar-refractivity contribution in [3.8, 4) is 0 Å². The zero-order valence-electron chi connectivity index (χ0n) is 10.7. The van der Waals surface area contributed by atoms with E-state index < -0.39 is 0 Å². The fraction of sp³-hybridized carbons (Fsp3) is 0.857. The molecule has 92 valence electrons. The quantitative estimate of drug-likeness (QED) is 0.757. The average Bonchev–Trinajstić information content (AvgIpc) is 2.28. The maximum Gasteiger partial charge on any atom is 0.0209 e. The van der Waals surface area contributed by atoms with Crippen LogP contribution >= 0.6 is 11.8 Å². The Bertz CT molecular complexity index is 247. The molecule has 2 rings (SSSR count). The molecule has 0 aromatic carbocycles. The Labute approximate surface area is 104 Å². The second-order valence-corrected chi connectivity index (χ2v) is 7.07. The monoisotopic (exact) mass is 239 g/mol. The molecule has 1 aliphatic carbocycles. The highest BCUT2D eigenvalue weighted by molar-refractivity contribution is 7.99. The van der Waals surface area contributed by atoms with Gasteiger partial charge in [0.1, 0.15) is 0 Å². The first-order valence-corrected chi connectivity index (χ1v) is 7.80. The van der Waals surface area contributed by atoms with Crippen LogP contribution in [0, 0.1) is 11.3 Å². The second-order valence-electron chi connectivity index (χ2n) is 5.92. The molecule has 1 heterocycles. The smallest absolute Gasteiger partial charge is 0.0209 e. The summed E-state index contributed by atoms with van der Waals surface area (Å²) in [5, 5.41) is 3.83. The highest BCUT2D eigenvalue weighted by atomic mass is 32.2. The van der Waals surface area contributed by atoms with E-state index in [1.165, 1.54) is 43.7 Å². The normalized spacial score (nSPS) is 33.9. The van der Waals surface area contributed by atoms with Gasteiger partial charge in [0.05, 0.1) is 0 Å². The summed E-state index contributed by atoms with van der Waals surface area (Å²) in [6, 6.07) is 0.720. The van der Waals surface area contributed by atoms with Crippen LogP contribution in [0.4, 0.5) is 0 Å². The maximum atomic E-state index is 3.83. The Balaban J connectivity index is 1.77. The number of hydrogen-bond acceptors (Lipinski definition) is 2. The van der Waals surface area contributed by atoms with E-state index in [1.807, 2.05) is 0 Å². The van der Waals surface area contributed by atoms with Crippen molar-refractivity contribution < 1.29 is 0 Å². The van der Waals surface area contributed by atoms with E-state index in [1.54, 1.807) is 0 Å². The fourth-order valence-corrected chi connectivity index (χ4v) is 4.26. The van der Waals surface area contributed by atoms with Crippen LogP contribution in [0.2, 0.25) is 0 Å². The molecule has 1 saturated heterocycles. The molecule has 0 aromatic heterocycles. The van der Waals surface area contributed by atoms with Crippen molar-refractivity contribution in [2.75, 3.05) is 18.1 Å². The van der Waals surface area contributed by atoms with Crippen LogP contribution in [0.15, 0.2) is 12.2 Å². The Morgan fingerprint density at radius 2 is 2.25 bits per heavy atom. The first-order chi connectivity index (χ1) is 7.68. The third kappa shape index (κ3) is 3.27. The van der Waals surface area contributed by atoms with Gasteiger partial charge in [-0.25, -0.2) is 0 Å². The molecular formula is C14H25NS. The topological polar surface area (TPSA) is 12.0 Å². The summed E-state index contributed by atoms with van der Waals surface area (Å²) < 4.78 is 0. The van der Waals surface area contributed by atoms with Crippen molar-refractivity contribution in [2.45, 2.75) is 45.6 Å². The first-order valence-electron chi connectivity index (χ1n) is 6.64. The van der Waals surface area contributed by atoms with Gasteiger partial charge in [-0.15, -0.1) is 0 Å². The molecule has 16 heavy (non-hydrogen) atoms. The van der Waals surface area contributed by atoms with Gasteiger partial charge in [-0.2, -0.15) is 11.8 Å². The molecule has 0 amide bonds. The van der Waals surface area contributed by atoms with Crippen molar-refractivity contribution >= 4 is 11.8 Å². The largest absolute Gasteiger partial charge is 0.312 e. The molecule has 2 atom stereocenters. The zero-order chi connectivity index (χ0) is 11.4. The van der Waals surface area contributed by atoms with Crippen molar-refractivity contribution in [3.05, 3.63) is 12.2 Å². The van der Waals surface area contributed by atoms with Crippen LogP contribution in [0.25, 0.3) is 0 Å². The number of thioether (sulfide) groups is 1. The van der Waals surface area contributed by atoms with Crippen LogP contribution in [-0.2, 0) is 0 Å². The van der Waals surface area contributed by atoms with Gasteiger partial charge >= 0.3 is 0 Å². The summed E-state index contributed by atoms with van der Waals surface area (Å²) in [5.74, 6) is 3.53. The van der Waals surface area contributed by atoms with E-state index in [0.29, 0.717) is 5.41 Å². The van der Waals surface area contributed by atoms with E-state index in [4.69, 9.17) is 0 Å². The van der Waals surface area contributed by atoms with Crippen LogP contribution in [0.1, 0.15) is 39.5 Å². The molecular weight excluding hydrogens is 214 g/mol. The third-order valence-corrected chi connectivity index (χ3v) is 5.21. The van der Waals surface area contributed by atoms with Crippen molar-refractivity contribution in [2.24, 2.45) is 11.3 Å². The second kappa shape index (κ2) is 5.59. The lowest BCUT2D eigenvalue weighted by atomic mass is 9.82. The molecule has 0 radical (unpaired) electrons. The average molecular weight is 239 g/mol. The summed E-state index contributed by atoms with van der Waals surface area (Å²) in [7, 11) is 0. The number of rotatable bonds is 3. The van der Waals surface area contributed by atoms with Crippen LogP contribution < -0.4 is 5.32 Å². The van der Waals surface area contributed by atoms with E-state index in [0.717, 1.165) is 12.0 Å². The molecule has 1 nitrogen and oxygen atoms in total. The summed E-state index contributed by atoms with van der Waals surface area (Å²) in [6.45, 7) is 6.06. The van der Waals surface area contributed by atoms with E-state index >= 15 is 0 Å². The molecule has 2 heteroatoms. The van der Waals surface area contributed by atoms with Gasteiger partial charge in [0.15, 0.2) is 0 Å². The summed E-state index contributed by atoms with van der Waals surface area (Å²) in [6.07, 6.45) is 10.00. The van der Waals surface area contributed by atoms with Gasteiger partial charge in [-0.05, 0) is 49.3 Å². The summed E-state index contributed by atoms with van der Waals surface area (Å²) >= 11 is 2.12. The summed E-state index contributed by atoms with van der Waals surface area (Å²) in [4.78, 5) is 0. The van der Waals surface area contributed by atoms with E-state index in [-0.39, 0.29) is 0 Å². The Hall–Kier alpha value is 0.0500. The molecule has 1 N–H and O–H groups in total. The predicted molar refractivity (Wildman–Crippen MR) is 74.0 cm³/mol. The lowest BCUT2D eigenvalue weighted by molar-refractivity contribution is 0.234. The van der Waals surface area contributed by atoms with Gasteiger partial charge < -0.3 is 5.32 Å². The fourth-order valence-electron chi connectivity index (χ4n) is 2.62. The highest BCUT2D eigenvalue weighted by Crippen LogP contribution is 2.34. The Morgan fingerprint density at radius 3 is 2.94 bits per heavy atom. The van der Waals surface area contributed by atoms with Crippen LogP contribution in [0.3, 0.4) is 0 Å². The minimum absolute atomic E-state index is 0.496. The van der Waals surface area contributed by atoms with Crippen molar-refractivity contribution in [1.82, 2.24) is 5.32 Å². The molecule has 2 unspecified atom stereocenters. The first kappa shape index (κ1) is 12.5. The van der Waals surface area contributed by atoms with Crippen LogP contribution in [0.5, 0.6) is 0 Å². The molecule has 1 fully saturated rings. The molecule has 0 bridgehead atoms. The number of allylic oxidation sites excluding steroid dienone is 2. The van der Waals surface area contributed by atoms with Gasteiger partial charge in [0, 0.05) is 11.8 Å². The molecule has 0 spiro atoms. The Morgan fingerprint density at radius 1 is 1.38 bits per heavy atom. The SMILES string of the molecule is CC1(C)CCSCC1NCC1CC=CCC1. The lowest BCUT2D eigenvalue weighted by Gasteiger charge is -2.39. The van der Waals surface area contributed by atoms with Gasteiger partial charge in [0.2, 0.25) is 0 Å². The maximum absolute atomic E-state index is 3.83. The molecule has 0 aromatic rings. The molecule has 1 aliphatic heterocycles.